The number of hydrogen-bond acceptors (Lipinski definition) is 4. The van der Waals surface area contributed by atoms with Gasteiger partial charge in [0.05, 0.1) is 6.42 Å². The van der Waals surface area contributed by atoms with Crippen molar-refractivity contribution in [3.63, 3.8) is 0 Å². The van der Waals surface area contributed by atoms with E-state index in [0.29, 0.717) is 12.5 Å². The molecule has 0 spiro atoms. The van der Waals surface area contributed by atoms with Gasteiger partial charge in [0.1, 0.15) is 12.1 Å². The Labute approximate surface area is 163 Å². The Morgan fingerprint density at radius 1 is 1.25 bits per heavy atom. The van der Waals surface area contributed by atoms with Gasteiger partial charge in [0.25, 0.3) is 0 Å². The number of rotatable bonds is 7. The summed E-state index contributed by atoms with van der Waals surface area (Å²) in [6.07, 6.45) is 1.16. The number of likely N-dealkylation sites (N-methyl/N-ethyl adjacent to an activating group) is 1. The highest BCUT2D eigenvalue weighted by Gasteiger charge is 2.16. The molecule has 0 heterocycles. The van der Waals surface area contributed by atoms with E-state index in [1.165, 1.54) is 4.90 Å². The van der Waals surface area contributed by atoms with E-state index in [0.717, 1.165) is 6.42 Å². The molecule has 0 aliphatic rings. The average Bonchev–Trinajstić information content (AvgIpc) is 2.41. The highest BCUT2D eigenvalue weighted by molar-refractivity contribution is 14.0. The number of guanidine groups is 1. The van der Waals surface area contributed by atoms with Crippen LogP contribution in [0.25, 0.3) is 0 Å². The Morgan fingerprint density at radius 3 is 2.29 bits per heavy atom. The van der Waals surface area contributed by atoms with Crippen molar-refractivity contribution in [3.8, 4) is 0 Å². The molecule has 24 heavy (non-hydrogen) atoms. The normalized spacial score (nSPS) is 12.7. The molecule has 7 nitrogen and oxygen atoms in total. The second-order valence-corrected chi connectivity index (χ2v) is 6.67. The van der Waals surface area contributed by atoms with Gasteiger partial charge in [0.2, 0.25) is 5.91 Å². The third-order valence-corrected chi connectivity index (χ3v) is 2.91. The van der Waals surface area contributed by atoms with Gasteiger partial charge in [-0.1, -0.05) is 6.92 Å². The van der Waals surface area contributed by atoms with E-state index in [4.69, 9.17) is 4.74 Å². The summed E-state index contributed by atoms with van der Waals surface area (Å²) in [5.74, 6) is 0.178. The molecule has 1 amide bonds. The fraction of sp³-hybridized carbons (Fsp3) is 0.812. The number of carbonyl (C=O) groups is 2. The first kappa shape index (κ1) is 25.2. The summed E-state index contributed by atoms with van der Waals surface area (Å²) < 4.78 is 5.25. The summed E-state index contributed by atoms with van der Waals surface area (Å²) in [5.41, 5.74) is -0.485. The van der Waals surface area contributed by atoms with Crippen LogP contribution in [0, 0.1) is 0 Å². The Kier molecular flexibility index (Phi) is 12.9. The molecule has 8 heteroatoms. The molecule has 0 aliphatic carbocycles. The Bertz CT molecular complexity index is 420. The fourth-order valence-corrected chi connectivity index (χ4v) is 1.45. The zero-order valence-electron chi connectivity index (χ0n) is 15.9. The van der Waals surface area contributed by atoms with Crippen LogP contribution >= 0.6 is 24.0 Å². The third kappa shape index (κ3) is 13.4. The van der Waals surface area contributed by atoms with Gasteiger partial charge in [-0.15, -0.1) is 24.0 Å². The number of amides is 1. The maximum Gasteiger partial charge on any atom is 0.308 e. The molecule has 0 bridgehead atoms. The third-order valence-electron chi connectivity index (χ3n) is 2.91. The smallest absolute Gasteiger partial charge is 0.308 e. The number of hydrogen-bond donors (Lipinski definition) is 2. The van der Waals surface area contributed by atoms with Gasteiger partial charge < -0.3 is 20.3 Å². The minimum Gasteiger partial charge on any atom is -0.460 e. The molecule has 0 rings (SSSR count). The number of esters is 1. The number of halogens is 1. The molecule has 0 aromatic heterocycles. The van der Waals surface area contributed by atoms with Crippen molar-refractivity contribution < 1.29 is 14.3 Å². The summed E-state index contributed by atoms with van der Waals surface area (Å²) in [5, 5.41) is 6.26. The number of nitrogens with zero attached hydrogens (tertiary/aromatic N) is 2. The molecular formula is C16H33IN4O3. The SMILES string of the molecule is CCC(C)NC(=NCC(=O)N(C)C)NCCC(=O)OC(C)(C)C.I. The van der Waals surface area contributed by atoms with Crippen LogP contribution in [0.3, 0.4) is 0 Å². The number of nitrogens with one attached hydrogen (secondary N) is 2. The van der Waals surface area contributed by atoms with Crippen LogP contribution in [0.15, 0.2) is 4.99 Å². The number of ether oxygens (including phenoxy) is 1. The van der Waals surface area contributed by atoms with E-state index in [9.17, 15) is 9.59 Å². The minimum absolute atomic E-state index is 0. The molecule has 1 atom stereocenters. The summed E-state index contributed by atoms with van der Waals surface area (Å²) >= 11 is 0. The van der Waals surface area contributed by atoms with Crippen LogP contribution in [0.5, 0.6) is 0 Å². The Hall–Kier alpha value is -1.06. The maximum absolute atomic E-state index is 11.7. The standard InChI is InChI=1S/C16H32N4O3.HI/c1-8-12(2)19-15(18-11-13(21)20(6)7)17-10-9-14(22)23-16(3,4)5;/h12H,8-11H2,1-7H3,(H2,17,18,19);1H. The highest BCUT2D eigenvalue weighted by Crippen LogP contribution is 2.07. The van der Waals surface area contributed by atoms with E-state index in [1.54, 1.807) is 14.1 Å². The first-order valence-corrected chi connectivity index (χ1v) is 8.02. The van der Waals surface area contributed by atoms with Crippen LogP contribution in [-0.4, -0.2) is 61.6 Å². The summed E-state index contributed by atoms with van der Waals surface area (Å²) in [7, 11) is 3.38. The Balaban J connectivity index is 0. The molecular weight excluding hydrogens is 423 g/mol. The van der Waals surface area contributed by atoms with E-state index in [2.05, 4.69) is 22.5 Å². The Morgan fingerprint density at radius 2 is 1.83 bits per heavy atom. The molecule has 0 saturated carbocycles. The van der Waals surface area contributed by atoms with E-state index in [1.807, 2.05) is 27.7 Å². The average molecular weight is 456 g/mol. The lowest BCUT2D eigenvalue weighted by molar-refractivity contribution is -0.154. The van der Waals surface area contributed by atoms with Gasteiger partial charge in [-0.05, 0) is 34.1 Å². The minimum atomic E-state index is -0.485. The molecule has 0 fully saturated rings. The lowest BCUT2D eigenvalue weighted by Gasteiger charge is -2.20. The number of aliphatic imine (C=N–C) groups is 1. The molecule has 0 saturated heterocycles. The number of carbonyl (C=O) groups excluding carboxylic acids is 2. The molecule has 1 unspecified atom stereocenters. The quantitative estimate of drug-likeness (QED) is 0.264. The van der Waals surface area contributed by atoms with Crippen LogP contribution in [0.1, 0.15) is 47.5 Å². The van der Waals surface area contributed by atoms with Crippen molar-refractivity contribution in [1.29, 1.82) is 0 Å². The van der Waals surface area contributed by atoms with Crippen molar-refractivity contribution in [2.75, 3.05) is 27.2 Å². The van der Waals surface area contributed by atoms with Crippen molar-refractivity contribution in [1.82, 2.24) is 15.5 Å². The van der Waals surface area contributed by atoms with Crippen molar-refractivity contribution in [3.05, 3.63) is 0 Å². The highest BCUT2D eigenvalue weighted by atomic mass is 127. The lowest BCUT2D eigenvalue weighted by atomic mass is 10.2. The summed E-state index contributed by atoms with van der Waals surface area (Å²) in [4.78, 5) is 29.1. The lowest BCUT2D eigenvalue weighted by Crippen LogP contribution is -2.43. The van der Waals surface area contributed by atoms with E-state index >= 15 is 0 Å². The van der Waals surface area contributed by atoms with Crippen molar-refractivity contribution in [2.45, 2.75) is 59.1 Å². The predicted molar refractivity (Wildman–Crippen MR) is 108 cm³/mol. The van der Waals surface area contributed by atoms with Gasteiger partial charge >= 0.3 is 5.97 Å². The second kappa shape index (κ2) is 12.3. The molecule has 0 aliphatic heterocycles. The van der Waals surface area contributed by atoms with Crippen LogP contribution in [0.4, 0.5) is 0 Å². The second-order valence-electron chi connectivity index (χ2n) is 6.67. The summed E-state index contributed by atoms with van der Waals surface area (Å²) in [6.45, 7) is 10.0. The topological polar surface area (TPSA) is 83.0 Å². The van der Waals surface area contributed by atoms with E-state index < -0.39 is 5.60 Å². The van der Waals surface area contributed by atoms with Gasteiger partial charge in [-0.3, -0.25) is 9.59 Å². The summed E-state index contributed by atoms with van der Waals surface area (Å²) in [6, 6.07) is 0.220. The van der Waals surface area contributed by atoms with Gasteiger partial charge in [0.15, 0.2) is 5.96 Å². The van der Waals surface area contributed by atoms with Crippen molar-refractivity contribution in [2.24, 2.45) is 4.99 Å². The maximum atomic E-state index is 11.7. The van der Waals surface area contributed by atoms with Crippen LogP contribution in [-0.2, 0) is 14.3 Å². The molecule has 0 aromatic carbocycles. The molecule has 0 aromatic rings. The zero-order valence-corrected chi connectivity index (χ0v) is 18.3. The van der Waals surface area contributed by atoms with Crippen LogP contribution < -0.4 is 10.6 Å². The monoisotopic (exact) mass is 456 g/mol. The van der Waals surface area contributed by atoms with Gasteiger partial charge in [0, 0.05) is 26.7 Å². The van der Waals surface area contributed by atoms with Crippen LogP contribution in [0.2, 0.25) is 0 Å². The molecule has 142 valence electrons. The molecule has 0 radical (unpaired) electrons. The van der Waals surface area contributed by atoms with Crippen molar-refractivity contribution >= 4 is 41.8 Å². The largest absolute Gasteiger partial charge is 0.460 e. The predicted octanol–water partition coefficient (Wildman–Crippen LogP) is 1.76. The zero-order chi connectivity index (χ0) is 18.0. The first-order valence-electron chi connectivity index (χ1n) is 8.02. The fourth-order valence-electron chi connectivity index (χ4n) is 1.45. The van der Waals surface area contributed by atoms with E-state index in [-0.39, 0.29) is 54.9 Å². The first-order chi connectivity index (χ1) is 10.5. The molecule has 2 N–H and O–H groups in total. The van der Waals surface area contributed by atoms with Gasteiger partial charge in [-0.25, -0.2) is 4.99 Å². The van der Waals surface area contributed by atoms with Gasteiger partial charge in [-0.2, -0.15) is 0 Å².